The monoisotopic (exact) mass is 294 g/mol. The van der Waals surface area contributed by atoms with Crippen LogP contribution in [0.4, 0.5) is 0 Å². The molecule has 0 aromatic carbocycles. The Balaban J connectivity index is 2.53. The summed E-state index contributed by atoms with van der Waals surface area (Å²) in [7, 11) is 0. The summed E-state index contributed by atoms with van der Waals surface area (Å²) < 4.78 is 1.34. The molecule has 0 amide bonds. The Morgan fingerprint density at radius 2 is 1.69 bits per heavy atom. The molecule has 1 saturated carbocycles. The van der Waals surface area contributed by atoms with Crippen molar-refractivity contribution in [2.45, 2.75) is 59.3 Å². The molecule has 1 rings (SSSR count). The lowest BCUT2D eigenvalue weighted by molar-refractivity contribution is 0.307. The molecule has 0 aromatic heterocycles. The first kappa shape index (κ1) is 11.8. The Morgan fingerprint density at radius 1 is 1.08 bits per heavy atom. The van der Waals surface area contributed by atoms with Crippen molar-refractivity contribution in [1.82, 2.24) is 0 Å². The molecular weight excluding hydrogens is 271 g/mol. The predicted molar refractivity (Wildman–Crippen MR) is 68.5 cm³/mol. The van der Waals surface area contributed by atoms with Crippen molar-refractivity contribution >= 4 is 22.6 Å². The number of hydrogen-bond acceptors (Lipinski definition) is 0. The van der Waals surface area contributed by atoms with Crippen molar-refractivity contribution in [3.05, 3.63) is 0 Å². The fourth-order valence-corrected chi connectivity index (χ4v) is 4.21. The first-order valence-electron chi connectivity index (χ1n) is 5.70. The summed E-state index contributed by atoms with van der Waals surface area (Å²) in [6, 6.07) is 0. The molecule has 1 heteroatoms. The molecule has 0 bridgehead atoms. The normalized spacial score (nSPS) is 37.8. The molecule has 13 heavy (non-hydrogen) atoms. The van der Waals surface area contributed by atoms with Gasteiger partial charge in [-0.1, -0.05) is 56.2 Å². The predicted octanol–water partition coefficient (Wildman–Crippen LogP) is 4.81. The van der Waals surface area contributed by atoms with E-state index in [1.807, 2.05) is 0 Å². The van der Waals surface area contributed by atoms with E-state index in [2.05, 4.69) is 43.4 Å². The van der Waals surface area contributed by atoms with Crippen LogP contribution >= 0.6 is 22.6 Å². The Morgan fingerprint density at radius 3 is 2.15 bits per heavy atom. The van der Waals surface area contributed by atoms with E-state index in [4.69, 9.17) is 0 Å². The standard InChI is InChI=1S/C12H23I/c1-4-6-11(3)10-12(11,7-5-2)8-9-13/h4-10H2,1-3H3. The van der Waals surface area contributed by atoms with E-state index in [0.29, 0.717) is 5.41 Å². The van der Waals surface area contributed by atoms with Crippen molar-refractivity contribution < 1.29 is 0 Å². The van der Waals surface area contributed by atoms with E-state index in [9.17, 15) is 0 Å². The topological polar surface area (TPSA) is 0 Å². The second-order valence-corrected chi connectivity index (χ2v) is 6.04. The van der Waals surface area contributed by atoms with Crippen LogP contribution in [-0.4, -0.2) is 4.43 Å². The Hall–Kier alpha value is 0.730. The number of hydrogen-bond donors (Lipinski definition) is 0. The minimum atomic E-state index is 0.711. The van der Waals surface area contributed by atoms with Gasteiger partial charge in [-0.25, -0.2) is 0 Å². The highest BCUT2D eigenvalue weighted by Crippen LogP contribution is 2.70. The Kier molecular flexibility index (Phi) is 4.09. The summed E-state index contributed by atoms with van der Waals surface area (Å²) in [4.78, 5) is 0. The smallest absolute Gasteiger partial charge is 0.0000763 e. The molecule has 0 spiro atoms. The van der Waals surface area contributed by atoms with Gasteiger partial charge >= 0.3 is 0 Å². The minimum Gasteiger partial charge on any atom is -0.0864 e. The maximum atomic E-state index is 2.54. The summed E-state index contributed by atoms with van der Waals surface area (Å²) >= 11 is 2.54. The molecule has 0 radical (unpaired) electrons. The average molecular weight is 294 g/mol. The van der Waals surface area contributed by atoms with E-state index in [0.717, 1.165) is 5.41 Å². The van der Waals surface area contributed by atoms with Crippen LogP contribution in [0, 0.1) is 10.8 Å². The molecule has 1 aliphatic rings. The van der Waals surface area contributed by atoms with Crippen LogP contribution in [0.2, 0.25) is 0 Å². The summed E-state index contributed by atoms with van der Waals surface area (Å²) in [6.07, 6.45) is 8.61. The van der Waals surface area contributed by atoms with E-state index < -0.39 is 0 Å². The zero-order valence-corrected chi connectivity index (χ0v) is 11.5. The molecule has 0 aliphatic heterocycles. The Bertz CT molecular complexity index is 159. The molecular formula is C12H23I. The van der Waals surface area contributed by atoms with E-state index in [1.165, 1.54) is 43.0 Å². The lowest BCUT2D eigenvalue weighted by atomic mass is 9.85. The van der Waals surface area contributed by atoms with Gasteiger partial charge in [-0.05, 0) is 36.5 Å². The lowest BCUT2D eigenvalue weighted by Gasteiger charge is -2.21. The quantitative estimate of drug-likeness (QED) is 0.487. The van der Waals surface area contributed by atoms with Gasteiger partial charge < -0.3 is 0 Å². The minimum absolute atomic E-state index is 0.711. The maximum absolute atomic E-state index is 2.54. The number of halogens is 1. The first-order chi connectivity index (χ1) is 6.14. The van der Waals surface area contributed by atoms with Gasteiger partial charge in [0.2, 0.25) is 0 Å². The van der Waals surface area contributed by atoms with E-state index >= 15 is 0 Å². The fraction of sp³-hybridized carbons (Fsp3) is 1.00. The van der Waals surface area contributed by atoms with Gasteiger partial charge in [0.15, 0.2) is 0 Å². The zero-order chi connectivity index (χ0) is 9.95. The van der Waals surface area contributed by atoms with Crippen molar-refractivity contribution in [3.63, 3.8) is 0 Å². The van der Waals surface area contributed by atoms with Gasteiger partial charge in [0, 0.05) is 4.43 Å². The first-order valence-corrected chi connectivity index (χ1v) is 7.22. The molecule has 0 aromatic rings. The van der Waals surface area contributed by atoms with Crippen molar-refractivity contribution in [2.24, 2.45) is 10.8 Å². The van der Waals surface area contributed by atoms with Gasteiger partial charge in [0.05, 0.1) is 0 Å². The van der Waals surface area contributed by atoms with Gasteiger partial charge in [0.25, 0.3) is 0 Å². The average Bonchev–Trinajstić information content (AvgIpc) is 2.57. The Labute approximate surface area is 97.0 Å². The van der Waals surface area contributed by atoms with E-state index in [1.54, 1.807) is 0 Å². The number of alkyl halides is 1. The van der Waals surface area contributed by atoms with Crippen molar-refractivity contribution in [3.8, 4) is 0 Å². The van der Waals surface area contributed by atoms with E-state index in [-0.39, 0.29) is 0 Å². The third-order valence-corrected chi connectivity index (χ3v) is 4.53. The van der Waals surface area contributed by atoms with Gasteiger partial charge in [-0.15, -0.1) is 0 Å². The summed E-state index contributed by atoms with van der Waals surface area (Å²) in [5.74, 6) is 0. The third-order valence-electron chi connectivity index (χ3n) is 3.99. The maximum Gasteiger partial charge on any atom is 0.0000763 e. The van der Waals surface area contributed by atoms with Crippen LogP contribution in [0.1, 0.15) is 59.3 Å². The summed E-state index contributed by atoms with van der Waals surface area (Å²) in [5.41, 5.74) is 1.46. The van der Waals surface area contributed by atoms with Crippen LogP contribution < -0.4 is 0 Å². The lowest BCUT2D eigenvalue weighted by Crippen LogP contribution is -2.12. The second kappa shape index (κ2) is 4.50. The van der Waals surface area contributed by atoms with Gasteiger partial charge in [-0.3, -0.25) is 0 Å². The summed E-state index contributed by atoms with van der Waals surface area (Å²) in [5, 5.41) is 0. The molecule has 1 fully saturated rings. The van der Waals surface area contributed by atoms with Crippen LogP contribution in [0.5, 0.6) is 0 Å². The summed E-state index contributed by atoms with van der Waals surface area (Å²) in [6.45, 7) is 7.17. The number of rotatable bonds is 6. The molecule has 2 atom stereocenters. The highest BCUT2D eigenvalue weighted by Gasteiger charge is 2.61. The van der Waals surface area contributed by atoms with Gasteiger partial charge in [-0.2, -0.15) is 0 Å². The molecule has 0 nitrogen and oxygen atoms in total. The third kappa shape index (κ3) is 2.21. The molecule has 0 N–H and O–H groups in total. The fourth-order valence-electron chi connectivity index (χ4n) is 3.17. The van der Waals surface area contributed by atoms with Crippen LogP contribution in [0.15, 0.2) is 0 Å². The second-order valence-electron chi connectivity index (χ2n) is 4.96. The SMILES string of the molecule is CCCC1(C)CC1(CCC)CCI. The molecule has 0 heterocycles. The largest absolute Gasteiger partial charge is 0.0864 e. The van der Waals surface area contributed by atoms with Crippen molar-refractivity contribution in [2.75, 3.05) is 4.43 Å². The molecule has 2 unspecified atom stereocenters. The molecule has 1 aliphatic carbocycles. The molecule has 0 saturated heterocycles. The van der Waals surface area contributed by atoms with Gasteiger partial charge in [0.1, 0.15) is 0 Å². The zero-order valence-electron chi connectivity index (χ0n) is 9.33. The van der Waals surface area contributed by atoms with Crippen LogP contribution in [0.25, 0.3) is 0 Å². The molecule has 78 valence electrons. The van der Waals surface area contributed by atoms with Crippen molar-refractivity contribution in [1.29, 1.82) is 0 Å². The van der Waals surface area contributed by atoms with Crippen LogP contribution in [0.3, 0.4) is 0 Å². The highest BCUT2D eigenvalue weighted by atomic mass is 127. The highest BCUT2D eigenvalue weighted by molar-refractivity contribution is 14.1. The van der Waals surface area contributed by atoms with Crippen LogP contribution in [-0.2, 0) is 0 Å².